The Balaban J connectivity index is 4.52. The second-order valence-corrected chi connectivity index (χ2v) is 5.21. The summed E-state index contributed by atoms with van der Waals surface area (Å²) >= 11 is 1.77. The smallest absolute Gasteiger partial charge is 0.318 e. The number of hydrogen-bond donors (Lipinski definition) is 4. The molecule has 0 aromatic rings. The Hall–Kier alpha value is -0.440. The van der Waals surface area contributed by atoms with Gasteiger partial charge in [-0.1, -0.05) is 0 Å². The highest BCUT2D eigenvalue weighted by molar-refractivity contribution is 8.04. The zero-order valence-corrected chi connectivity index (χ0v) is 10.0. The van der Waals surface area contributed by atoms with E-state index >= 15 is 0 Å². The van der Waals surface area contributed by atoms with Gasteiger partial charge in [0.1, 0.15) is 10.5 Å². The van der Waals surface area contributed by atoms with Crippen LogP contribution in [0.5, 0.6) is 0 Å². The summed E-state index contributed by atoms with van der Waals surface area (Å²) in [6, 6.07) is 0. The monoisotopic (exact) mass is 270 g/mol. The van der Waals surface area contributed by atoms with Gasteiger partial charge in [-0.05, 0) is 0 Å². The molecule has 94 valence electrons. The fourth-order valence-corrected chi connectivity index (χ4v) is 2.99. The van der Waals surface area contributed by atoms with Crippen LogP contribution in [0.15, 0.2) is 0 Å². The SMILES string of the molecule is O=C(O)C(SCCO)C(SCCO)C(=O)O. The Labute approximate surface area is 101 Å². The Kier molecular flexibility index (Phi) is 8.44. The number of thioether (sulfide) groups is 2. The van der Waals surface area contributed by atoms with Crippen LogP contribution >= 0.6 is 23.5 Å². The highest BCUT2D eigenvalue weighted by atomic mass is 32.2. The van der Waals surface area contributed by atoms with E-state index in [1.807, 2.05) is 0 Å². The van der Waals surface area contributed by atoms with Crippen molar-refractivity contribution in [2.45, 2.75) is 10.5 Å². The van der Waals surface area contributed by atoms with E-state index in [9.17, 15) is 9.59 Å². The Morgan fingerprint density at radius 1 is 0.875 bits per heavy atom. The van der Waals surface area contributed by atoms with E-state index < -0.39 is 22.4 Å². The van der Waals surface area contributed by atoms with Crippen molar-refractivity contribution >= 4 is 35.5 Å². The Bertz CT molecular complexity index is 211. The number of rotatable bonds is 9. The van der Waals surface area contributed by atoms with Gasteiger partial charge in [0.05, 0.1) is 13.2 Å². The molecule has 8 heteroatoms. The summed E-state index contributed by atoms with van der Waals surface area (Å²) in [5, 5.41) is 32.7. The molecule has 16 heavy (non-hydrogen) atoms. The van der Waals surface area contributed by atoms with Crippen LogP contribution in [0, 0.1) is 0 Å². The first-order valence-electron chi connectivity index (χ1n) is 4.45. The van der Waals surface area contributed by atoms with Crippen molar-refractivity contribution in [2.24, 2.45) is 0 Å². The zero-order chi connectivity index (χ0) is 12.6. The van der Waals surface area contributed by atoms with Crippen LogP contribution < -0.4 is 0 Å². The molecular weight excluding hydrogens is 256 g/mol. The second kappa shape index (κ2) is 8.68. The van der Waals surface area contributed by atoms with Gasteiger partial charge in [0.25, 0.3) is 0 Å². The number of carboxylic acid groups (broad SMARTS) is 2. The number of aliphatic hydroxyl groups is 2. The molecule has 0 rings (SSSR count). The lowest BCUT2D eigenvalue weighted by Crippen LogP contribution is -2.36. The minimum Gasteiger partial charge on any atom is -0.480 e. The summed E-state index contributed by atoms with van der Waals surface area (Å²) in [6.45, 7) is -0.406. The molecule has 4 N–H and O–H groups in total. The largest absolute Gasteiger partial charge is 0.480 e. The molecule has 0 spiro atoms. The van der Waals surface area contributed by atoms with E-state index in [1.165, 1.54) is 0 Å². The normalized spacial score (nSPS) is 14.4. The van der Waals surface area contributed by atoms with E-state index in [4.69, 9.17) is 20.4 Å². The van der Waals surface area contributed by atoms with Crippen LogP contribution in [0.1, 0.15) is 0 Å². The second-order valence-electron chi connectivity index (χ2n) is 2.71. The lowest BCUT2D eigenvalue weighted by molar-refractivity contribution is -0.142. The molecule has 0 bridgehead atoms. The first-order chi connectivity index (χ1) is 7.54. The third kappa shape index (κ3) is 5.59. The molecular formula is C8H14O6S2. The van der Waals surface area contributed by atoms with Crippen LogP contribution in [-0.4, -0.2) is 67.6 Å². The molecule has 2 atom stereocenters. The van der Waals surface area contributed by atoms with E-state index in [0.29, 0.717) is 0 Å². The third-order valence-electron chi connectivity index (χ3n) is 1.54. The average Bonchev–Trinajstić information content (AvgIpc) is 2.21. The van der Waals surface area contributed by atoms with E-state index in [2.05, 4.69) is 0 Å². The lowest BCUT2D eigenvalue weighted by atomic mass is 10.3. The van der Waals surface area contributed by atoms with Crippen molar-refractivity contribution in [3.63, 3.8) is 0 Å². The predicted octanol–water partition coefficient (Wildman–Crippen LogP) is -0.656. The van der Waals surface area contributed by atoms with Gasteiger partial charge < -0.3 is 20.4 Å². The number of carbonyl (C=O) groups is 2. The molecule has 0 aliphatic carbocycles. The molecule has 0 fully saturated rings. The fraction of sp³-hybridized carbons (Fsp3) is 0.750. The van der Waals surface area contributed by atoms with Crippen LogP contribution in [0.25, 0.3) is 0 Å². The maximum absolute atomic E-state index is 10.9. The summed E-state index contributed by atoms with van der Waals surface area (Å²) < 4.78 is 0. The topological polar surface area (TPSA) is 115 Å². The highest BCUT2D eigenvalue weighted by Crippen LogP contribution is 2.25. The molecule has 0 saturated carbocycles. The van der Waals surface area contributed by atoms with Crippen molar-refractivity contribution in [2.75, 3.05) is 24.7 Å². The van der Waals surface area contributed by atoms with Crippen LogP contribution in [-0.2, 0) is 9.59 Å². The van der Waals surface area contributed by atoms with Crippen molar-refractivity contribution < 1.29 is 30.0 Å². The summed E-state index contributed by atoms with van der Waals surface area (Å²) in [4.78, 5) is 21.7. The van der Waals surface area contributed by atoms with Gasteiger partial charge in [-0.15, -0.1) is 23.5 Å². The van der Waals surface area contributed by atoms with Crippen molar-refractivity contribution in [1.82, 2.24) is 0 Å². The predicted molar refractivity (Wildman–Crippen MR) is 61.9 cm³/mol. The number of carboxylic acids is 2. The van der Waals surface area contributed by atoms with E-state index in [-0.39, 0.29) is 24.7 Å². The van der Waals surface area contributed by atoms with Gasteiger partial charge in [0.15, 0.2) is 0 Å². The zero-order valence-electron chi connectivity index (χ0n) is 8.40. The number of aliphatic carboxylic acids is 2. The van der Waals surface area contributed by atoms with Gasteiger partial charge in [-0.3, -0.25) is 9.59 Å². The molecule has 0 aliphatic rings. The van der Waals surface area contributed by atoms with Gasteiger partial charge in [-0.25, -0.2) is 0 Å². The summed E-state index contributed by atoms with van der Waals surface area (Å²) in [5.41, 5.74) is 0. The first kappa shape index (κ1) is 15.6. The van der Waals surface area contributed by atoms with E-state index in [1.54, 1.807) is 0 Å². The van der Waals surface area contributed by atoms with Gasteiger partial charge >= 0.3 is 11.9 Å². The molecule has 0 heterocycles. The lowest BCUT2D eigenvalue weighted by Gasteiger charge is -2.18. The minimum absolute atomic E-state index is 0.167. The molecule has 6 nitrogen and oxygen atoms in total. The molecule has 0 aromatic carbocycles. The Morgan fingerprint density at radius 3 is 1.38 bits per heavy atom. The third-order valence-corrected chi connectivity index (χ3v) is 4.21. The van der Waals surface area contributed by atoms with Crippen molar-refractivity contribution in [3.8, 4) is 0 Å². The minimum atomic E-state index is -1.23. The van der Waals surface area contributed by atoms with Gasteiger partial charge in [0, 0.05) is 11.5 Å². The van der Waals surface area contributed by atoms with Crippen LogP contribution in [0.4, 0.5) is 0 Å². The van der Waals surface area contributed by atoms with Crippen molar-refractivity contribution in [1.29, 1.82) is 0 Å². The molecule has 0 aliphatic heterocycles. The fourth-order valence-electron chi connectivity index (χ4n) is 0.936. The van der Waals surface area contributed by atoms with Crippen LogP contribution in [0.3, 0.4) is 0 Å². The van der Waals surface area contributed by atoms with Crippen molar-refractivity contribution in [3.05, 3.63) is 0 Å². The highest BCUT2D eigenvalue weighted by Gasteiger charge is 2.34. The summed E-state index contributed by atoms with van der Waals surface area (Å²) in [6.07, 6.45) is 0. The number of hydrogen-bond acceptors (Lipinski definition) is 6. The maximum atomic E-state index is 10.9. The van der Waals surface area contributed by atoms with Gasteiger partial charge in [-0.2, -0.15) is 0 Å². The quantitative estimate of drug-likeness (QED) is 0.436. The average molecular weight is 270 g/mol. The standard InChI is InChI=1S/C8H14O6S2/c9-1-3-15-5(7(11)12)6(8(13)14)16-4-2-10/h5-6,9-10H,1-4H2,(H,11,12)(H,13,14). The number of aliphatic hydroxyl groups excluding tert-OH is 2. The molecule has 2 unspecified atom stereocenters. The summed E-state index contributed by atoms with van der Waals surface area (Å²) in [5.74, 6) is -2.12. The molecule has 0 amide bonds. The summed E-state index contributed by atoms with van der Waals surface area (Å²) in [7, 11) is 0. The molecule has 0 radical (unpaired) electrons. The van der Waals surface area contributed by atoms with E-state index in [0.717, 1.165) is 23.5 Å². The Morgan fingerprint density at radius 2 is 1.19 bits per heavy atom. The maximum Gasteiger partial charge on any atom is 0.318 e. The first-order valence-corrected chi connectivity index (χ1v) is 6.54. The van der Waals surface area contributed by atoms with Gasteiger partial charge in [0.2, 0.25) is 0 Å². The van der Waals surface area contributed by atoms with Crippen LogP contribution in [0.2, 0.25) is 0 Å². The molecule has 0 aromatic heterocycles. The molecule has 0 saturated heterocycles.